The number of rotatable bonds is 4. The van der Waals surface area contributed by atoms with E-state index in [1.165, 1.54) is 20.3 Å². The summed E-state index contributed by atoms with van der Waals surface area (Å²) in [6, 6.07) is 5.04. The predicted octanol–water partition coefficient (Wildman–Crippen LogP) is 2.91. The molecule has 2 rings (SSSR count). The van der Waals surface area contributed by atoms with Gasteiger partial charge in [0.05, 0.1) is 0 Å². The summed E-state index contributed by atoms with van der Waals surface area (Å²) in [5, 5.41) is 8.39. The fraction of sp³-hybridized carbons (Fsp3) is 0.500. The average molecular weight is 331 g/mol. The minimum Gasteiger partial charge on any atom is -0.349 e. The van der Waals surface area contributed by atoms with E-state index in [0.29, 0.717) is 22.9 Å². The Kier molecular flexibility index (Phi) is 5.95. The van der Waals surface area contributed by atoms with Gasteiger partial charge in [-0.15, -0.1) is 0 Å². The second-order valence-electron chi connectivity index (χ2n) is 6.50. The summed E-state index contributed by atoms with van der Waals surface area (Å²) in [6.07, 6.45) is 4.43. The van der Waals surface area contributed by atoms with Crippen LogP contribution in [0.25, 0.3) is 0 Å². The predicted molar refractivity (Wildman–Crippen MR) is 93.9 cm³/mol. The third-order valence-electron chi connectivity index (χ3n) is 4.26. The molecule has 0 saturated heterocycles. The molecule has 1 fully saturated rings. The second-order valence-corrected chi connectivity index (χ2v) is 6.50. The maximum Gasteiger partial charge on any atom is 0.251 e. The summed E-state index contributed by atoms with van der Waals surface area (Å²) in [5.74, 6) is -0.201. The highest BCUT2D eigenvalue weighted by Crippen LogP contribution is 2.25. The lowest BCUT2D eigenvalue weighted by atomic mass is 9.86. The van der Waals surface area contributed by atoms with Crippen molar-refractivity contribution in [2.75, 3.05) is 10.6 Å². The van der Waals surface area contributed by atoms with Gasteiger partial charge in [-0.3, -0.25) is 14.4 Å². The number of hydrogen-bond donors (Lipinski definition) is 3. The van der Waals surface area contributed by atoms with Crippen LogP contribution in [-0.4, -0.2) is 23.8 Å². The number of amides is 3. The van der Waals surface area contributed by atoms with Crippen molar-refractivity contribution in [2.24, 2.45) is 5.92 Å². The quantitative estimate of drug-likeness (QED) is 0.793. The Bertz CT molecular complexity index is 608. The zero-order valence-corrected chi connectivity index (χ0v) is 14.4. The summed E-state index contributed by atoms with van der Waals surface area (Å²) in [4.78, 5) is 35.2. The van der Waals surface area contributed by atoms with Crippen LogP contribution < -0.4 is 16.0 Å². The molecule has 1 aliphatic rings. The van der Waals surface area contributed by atoms with Gasteiger partial charge in [0.1, 0.15) is 0 Å². The number of nitrogens with one attached hydrogen (secondary N) is 3. The molecule has 130 valence electrons. The van der Waals surface area contributed by atoms with Gasteiger partial charge < -0.3 is 16.0 Å². The van der Waals surface area contributed by atoms with Crippen LogP contribution in [-0.2, 0) is 9.59 Å². The molecule has 24 heavy (non-hydrogen) atoms. The van der Waals surface area contributed by atoms with Crippen LogP contribution in [0.3, 0.4) is 0 Å². The third kappa shape index (κ3) is 5.08. The van der Waals surface area contributed by atoms with Crippen molar-refractivity contribution >= 4 is 29.1 Å². The molecule has 0 radical (unpaired) electrons. The number of anilines is 2. The van der Waals surface area contributed by atoms with Crippen LogP contribution in [0.5, 0.6) is 0 Å². The number of carbonyl (C=O) groups excluding carboxylic acids is 3. The number of hydrogen-bond acceptors (Lipinski definition) is 3. The van der Waals surface area contributed by atoms with Gasteiger partial charge in [0, 0.05) is 36.8 Å². The van der Waals surface area contributed by atoms with Crippen LogP contribution in [0.15, 0.2) is 18.2 Å². The molecule has 0 spiro atoms. The van der Waals surface area contributed by atoms with Gasteiger partial charge in [0.15, 0.2) is 0 Å². The van der Waals surface area contributed by atoms with Gasteiger partial charge >= 0.3 is 0 Å². The fourth-order valence-electron chi connectivity index (χ4n) is 3.09. The maximum atomic E-state index is 12.6. The van der Waals surface area contributed by atoms with Gasteiger partial charge in [-0.2, -0.15) is 0 Å². The molecule has 6 nitrogen and oxygen atoms in total. The van der Waals surface area contributed by atoms with Gasteiger partial charge in [-0.25, -0.2) is 0 Å². The summed E-state index contributed by atoms with van der Waals surface area (Å²) < 4.78 is 0. The smallest absolute Gasteiger partial charge is 0.251 e. The van der Waals surface area contributed by atoms with Gasteiger partial charge in [0.2, 0.25) is 11.8 Å². The first-order valence-electron chi connectivity index (χ1n) is 8.36. The van der Waals surface area contributed by atoms with E-state index in [4.69, 9.17) is 0 Å². The lowest BCUT2D eigenvalue weighted by Crippen LogP contribution is -2.41. The molecule has 1 aromatic rings. The zero-order chi connectivity index (χ0) is 17.7. The summed E-state index contributed by atoms with van der Waals surface area (Å²) >= 11 is 0. The molecule has 1 saturated carbocycles. The van der Waals surface area contributed by atoms with Crippen LogP contribution in [0.4, 0.5) is 11.4 Å². The van der Waals surface area contributed by atoms with Crippen LogP contribution in [0.1, 0.15) is 56.8 Å². The maximum absolute atomic E-state index is 12.6. The van der Waals surface area contributed by atoms with Crippen molar-refractivity contribution in [2.45, 2.75) is 52.5 Å². The van der Waals surface area contributed by atoms with Crippen molar-refractivity contribution < 1.29 is 14.4 Å². The van der Waals surface area contributed by atoms with Crippen LogP contribution >= 0.6 is 0 Å². The van der Waals surface area contributed by atoms with E-state index in [2.05, 4.69) is 22.9 Å². The van der Waals surface area contributed by atoms with Crippen LogP contribution in [0.2, 0.25) is 0 Å². The van der Waals surface area contributed by atoms with Crippen molar-refractivity contribution in [3.8, 4) is 0 Å². The van der Waals surface area contributed by atoms with E-state index in [-0.39, 0.29) is 23.8 Å². The Hall–Kier alpha value is -2.37. The summed E-state index contributed by atoms with van der Waals surface area (Å²) in [6.45, 7) is 4.95. The lowest BCUT2D eigenvalue weighted by molar-refractivity contribution is -0.115. The molecule has 0 bridgehead atoms. The molecular formula is C18H25N3O3. The fourth-order valence-corrected chi connectivity index (χ4v) is 3.09. The Morgan fingerprint density at radius 1 is 0.917 bits per heavy atom. The standard InChI is InChI=1S/C18H25N3O3/c1-11-6-4-5-7-17(11)21-18(24)14-8-15(19-12(2)22)10-16(9-14)20-13(3)23/h8-11,17H,4-7H2,1-3H3,(H,19,22)(H,20,23)(H,21,24)/t11-,17-/m1/s1. The lowest BCUT2D eigenvalue weighted by Gasteiger charge is -2.29. The van der Waals surface area contributed by atoms with Crippen LogP contribution in [0, 0.1) is 5.92 Å². The van der Waals surface area contributed by atoms with E-state index in [9.17, 15) is 14.4 Å². The molecule has 0 aliphatic heterocycles. The molecule has 0 heterocycles. The minimum absolute atomic E-state index is 0.167. The molecule has 6 heteroatoms. The SMILES string of the molecule is CC(=O)Nc1cc(NC(C)=O)cc(C(=O)N[C@@H]2CCCC[C@H]2C)c1. The Labute approximate surface area is 142 Å². The number of carbonyl (C=O) groups is 3. The van der Waals surface area contributed by atoms with Gasteiger partial charge in [-0.1, -0.05) is 19.8 Å². The summed E-state index contributed by atoms with van der Waals surface area (Å²) in [5.41, 5.74) is 1.38. The topological polar surface area (TPSA) is 87.3 Å². The van der Waals surface area contributed by atoms with E-state index in [0.717, 1.165) is 19.3 Å². The third-order valence-corrected chi connectivity index (χ3v) is 4.26. The highest BCUT2D eigenvalue weighted by atomic mass is 16.2. The average Bonchev–Trinajstić information content (AvgIpc) is 2.48. The zero-order valence-electron chi connectivity index (χ0n) is 14.4. The summed E-state index contributed by atoms with van der Waals surface area (Å²) in [7, 11) is 0. The molecule has 3 N–H and O–H groups in total. The van der Waals surface area contributed by atoms with E-state index >= 15 is 0 Å². The van der Waals surface area contributed by atoms with Crippen molar-refractivity contribution in [1.82, 2.24) is 5.32 Å². The molecule has 1 aromatic carbocycles. The highest BCUT2D eigenvalue weighted by Gasteiger charge is 2.23. The van der Waals surface area contributed by atoms with Gasteiger partial charge in [-0.05, 0) is 37.0 Å². The van der Waals surface area contributed by atoms with Crippen molar-refractivity contribution in [1.29, 1.82) is 0 Å². The molecule has 3 amide bonds. The largest absolute Gasteiger partial charge is 0.349 e. The van der Waals surface area contributed by atoms with E-state index < -0.39 is 0 Å². The first kappa shape index (κ1) is 18.0. The Morgan fingerprint density at radius 3 is 1.96 bits per heavy atom. The van der Waals surface area contributed by atoms with Crippen molar-refractivity contribution in [3.05, 3.63) is 23.8 Å². The molecule has 1 aliphatic carbocycles. The van der Waals surface area contributed by atoms with E-state index in [1.807, 2.05) is 0 Å². The normalized spacial score (nSPS) is 20.1. The number of benzene rings is 1. The first-order valence-corrected chi connectivity index (χ1v) is 8.36. The molecular weight excluding hydrogens is 306 g/mol. The molecule has 0 aromatic heterocycles. The minimum atomic E-state index is -0.234. The monoisotopic (exact) mass is 331 g/mol. The molecule has 2 atom stereocenters. The second kappa shape index (κ2) is 7.95. The Balaban J connectivity index is 2.20. The first-order chi connectivity index (χ1) is 11.3. The van der Waals surface area contributed by atoms with Gasteiger partial charge in [0.25, 0.3) is 5.91 Å². The highest BCUT2D eigenvalue weighted by molar-refractivity contribution is 6.00. The van der Waals surface area contributed by atoms with Crippen molar-refractivity contribution in [3.63, 3.8) is 0 Å². The molecule has 0 unspecified atom stereocenters. The van der Waals surface area contributed by atoms with E-state index in [1.54, 1.807) is 18.2 Å². The Morgan fingerprint density at radius 2 is 1.46 bits per heavy atom.